The first-order valence-corrected chi connectivity index (χ1v) is 7.37. The fraction of sp³-hybridized carbons (Fsp3) is 0.312. The van der Waals surface area contributed by atoms with Crippen LogP contribution in [0.1, 0.15) is 16.9 Å². The normalized spacial score (nSPS) is 17.9. The van der Waals surface area contributed by atoms with Gasteiger partial charge in [0.2, 0.25) is 0 Å². The number of amides is 1. The van der Waals surface area contributed by atoms with Gasteiger partial charge in [-0.05, 0) is 18.2 Å². The van der Waals surface area contributed by atoms with Crippen LogP contribution < -0.4 is 0 Å². The molecule has 1 aromatic carbocycles. The highest BCUT2D eigenvalue weighted by Gasteiger charge is 2.27. The van der Waals surface area contributed by atoms with Gasteiger partial charge in [0.15, 0.2) is 5.69 Å². The van der Waals surface area contributed by atoms with E-state index in [1.165, 1.54) is 0 Å². The number of carboxylic acid groups (broad SMARTS) is 1. The minimum atomic E-state index is -0.933. The number of ether oxygens (including phenoxy) is 1. The number of rotatable bonds is 4. The van der Waals surface area contributed by atoms with Gasteiger partial charge >= 0.3 is 5.97 Å². The summed E-state index contributed by atoms with van der Waals surface area (Å²) in [7, 11) is 0. The van der Waals surface area contributed by atoms with E-state index in [0.29, 0.717) is 18.8 Å². The van der Waals surface area contributed by atoms with E-state index in [0.717, 1.165) is 5.69 Å². The molecule has 1 N–H and O–H groups in total. The summed E-state index contributed by atoms with van der Waals surface area (Å²) in [5, 5.41) is 13.1. The third-order valence-electron chi connectivity index (χ3n) is 3.66. The molecular formula is C16H17N3O4. The molecule has 23 heavy (non-hydrogen) atoms. The standard InChI is InChI=1S/C16H17N3O4/c20-15(21)10-13-11-18(8-9-23-13)16(22)14-6-7-19(17-14)12-4-2-1-3-5-12/h1-7,13H,8-11H2,(H,20,21). The van der Waals surface area contributed by atoms with Crippen LogP contribution in [0.25, 0.3) is 5.69 Å². The minimum absolute atomic E-state index is 0.109. The largest absolute Gasteiger partial charge is 0.481 e. The molecule has 0 spiro atoms. The first kappa shape index (κ1) is 15.2. The van der Waals surface area contributed by atoms with Crippen molar-refractivity contribution < 1.29 is 19.4 Å². The lowest BCUT2D eigenvalue weighted by molar-refractivity contribution is -0.141. The molecule has 1 atom stereocenters. The van der Waals surface area contributed by atoms with E-state index in [9.17, 15) is 9.59 Å². The van der Waals surface area contributed by atoms with Crippen LogP contribution in [-0.4, -0.2) is 57.5 Å². The van der Waals surface area contributed by atoms with Gasteiger partial charge in [-0.2, -0.15) is 5.10 Å². The zero-order chi connectivity index (χ0) is 16.2. The van der Waals surface area contributed by atoms with E-state index in [2.05, 4.69) is 5.10 Å². The monoisotopic (exact) mass is 315 g/mol. The van der Waals surface area contributed by atoms with Crippen molar-refractivity contribution in [1.29, 1.82) is 0 Å². The van der Waals surface area contributed by atoms with Gasteiger partial charge in [-0.1, -0.05) is 18.2 Å². The maximum atomic E-state index is 12.5. The highest BCUT2D eigenvalue weighted by molar-refractivity contribution is 5.92. The smallest absolute Gasteiger partial charge is 0.306 e. The number of benzene rings is 1. The predicted molar refractivity (Wildman–Crippen MR) is 81.5 cm³/mol. The second-order valence-corrected chi connectivity index (χ2v) is 5.32. The van der Waals surface area contributed by atoms with Crippen LogP contribution in [0.2, 0.25) is 0 Å². The molecule has 1 aromatic heterocycles. The average molecular weight is 315 g/mol. The van der Waals surface area contributed by atoms with Gasteiger partial charge in [-0.3, -0.25) is 9.59 Å². The SMILES string of the molecule is O=C(O)CC1CN(C(=O)c2ccn(-c3ccccc3)n2)CCO1. The van der Waals surface area contributed by atoms with E-state index in [-0.39, 0.29) is 18.9 Å². The van der Waals surface area contributed by atoms with Gasteiger partial charge in [0.1, 0.15) is 0 Å². The Bertz CT molecular complexity index is 698. The molecule has 0 bridgehead atoms. The Labute approximate surface area is 133 Å². The number of carbonyl (C=O) groups is 2. The van der Waals surface area contributed by atoms with Crippen LogP contribution in [0.15, 0.2) is 42.6 Å². The lowest BCUT2D eigenvalue weighted by Crippen LogP contribution is -2.46. The van der Waals surface area contributed by atoms with Crippen molar-refractivity contribution in [3.05, 3.63) is 48.3 Å². The third kappa shape index (κ3) is 3.57. The summed E-state index contributed by atoms with van der Waals surface area (Å²) in [5.74, 6) is -1.14. The third-order valence-corrected chi connectivity index (χ3v) is 3.66. The molecule has 1 saturated heterocycles. The second kappa shape index (κ2) is 6.62. The molecule has 0 aliphatic carbocycles. The zero-order valence-electron chi connectivity index (χ0n) is 12.5. The Morgan fingerprint density at radius 2 is 2.04 bits per heavy atom. The summed E-state index contributed by atoms with van der Waals surface area (Å²) >= 11 is 0. The number of carbonyl (C=O) groups excluding carboxylic acids is 1. The fourth-order valence-electron chi connectivity index (χ4n) is 2.55. The molecule has 2 heterocycles. The topological polar surface area (TPSA) is 84.7 Å². The molecule has 2 aromatic rings. The Morgan fingerprint density at radius 1 is 1.26 bits per heavy atom. The molecule has 0 radical (unpaired) electrons. The predicted octanol–water partition coefficient (Wildman–Crippen LogP) is 1.19. The Balaban J connectivity index is 1.71. The number of carboxylic acids is 1. The van der Waals surface area contributed by atoms with Crippen molar-refractivity contribution in [2.24, 2.45) is 0 Å². The first-order chi connectivity index (χ1) is 11.1. The quantitative estimate of drug-likeness (QED) is 0.916. The summed E-state index contributed by atoms with van der Waals surface area (Å²) in [6, 6.07) is 11.2. The number of aromatic nitrogens is 2. The Kier molecular flexibility index (Phi) is 4.38. The highest BCUT2D eigenvalue weighted by atomic mass is 16.5. The zero-order valence-corrected chi connectivity index (χ0v) is 12.5. The maximum Gasteiger partial charge on any atom is 0.306 e. The van der Waals surface area contributed by atoms with Crippen molar-refractivity contribution in [1.82, 2.24) is 14.7 Å². The van der Waals surface area contributed by atoms with Crippen LogP contribution in [-0.2, 0) is 9.53 Å². The lowest BCUT2D eigenvalue weighted by atomic mass is 10.2. The number of para-hydroxylation sites is 1. The molecule has 1 unspecified atom stereocenters. The molecule has 1 amide bonds. The number of aliphatic carboxylic acids is 1. The summed E-state index contributed by atoms with van der Waals surface area (Å²) in [5.41, 5.74) is 1.21. The van der Waals surface area contributed by atoms with Gasteiger partial charge in [0, 0.05) is 19.3 Å². The second-order valence-electron chi connectivity index (χ2n) is 5.32. The van der Waals surface area contributed by atoms with Gasteiger partial charge in [0.25, 0.3) is 5.91 Å². The summed E-state index contributed by atoms with van der Waals surface area (Å²) < 4.78 is 7.02. The van der Waals surface area contributed by atoms with Crippen molar-refractivity contribution in [2.45, 2.75) is 12.5 Å². The number of morpholine rings is 1. The molecule has 1 fully saturated rings. The molecule has 120 valence electrons. The van der Waals surface area contributed by atoms with Crippen molar-refractivity contribution in [2.75, 3.05) is 19.7 Å². The first-order valence-electron chi connectivity index (χ1n) is 7.37. The molecular weight excluding hydrogens is 298 g/mol. The number of hydrogen-bond donors (Lipinski definition) is 1. The van der Waals surface area contributed by atoms with Gasteiger partial charge < -0.3 is 14.7 Å². The van der Waals surface area contributed by atoms with Crippen LogP contribution in [0.5, 0.6) is 0 Å². The summed E-state index contributed by atoms with van der Waals surface area (Å²) in [4.78, 5) is 24.9. The lowest BCUT2D eigenvalue weighted by Gasteiger charge is -2.31. The molecule has 7 heteroatoms. The van der Waals surface area contributed by atoms with E-state index in [1.54, 1.807) is 21.8 Å². The van der Waals surface area contributed by atoms with Crippen LogP contribution in [0.3, 0.4) is 0 Å². The average Bonchev–Trinajstić information content (AvgIpc) is 3.04. The van der Waals surface area contributed by atoms with Crippen LogP contribution >= 0.6 is 0 Å². The Morgan fingerprint density at radius 3 is 2.78 bits per heavy atom. The van der Waals surface area contributed by atoms with E-state index >= 15 is 0 Å². The van der Waals surface area contributed by atoms with Crippen molar-refractivity contribution in [3.8, 4) is 5.69 Å². The fourth-order valence-corrected chi connectivity index (χ4v) is 2.55. The molecule has 1 aliphatic heterocycles. The summed E-state index contributed by atoms with van der Waals surface area (Å²) in [6.07, 6.45) is 1.15. The van der Waals surface area contributed by atoms with Gasteiger partial charge in [-0.25, -0.2) is 4.68 Å². The van der Waals surface area contributed by atoms with Crippen molar-refractivity contribution in [3.63, 3.8) is 0 Å². The molecule has 7 nitrogen and oxygen atoms in total. The molecule has 1 aliphatic rings. The molecule has 0 saturated carbocycles. The highest BCUT2D eigenvalue weighted by Crippen LogP contribution is 2.13. The van der Waals surface area contributed by atoms with E-state index < -0.39 is 12.1 Å². The number of nitrogens with zero attached hydrogens (tertiary/aromatic N) is 3. The van der Waals surface area contributed by atoms with Crippen LogP contribution in [0.4, 0.5) is 0 Å². The van der Waals surface area contributed by atoms with E-state index in [1.807, 2.05) is 30.3 Å². The van der Waals surface area contributed by atoms with Gasteiger partial charge in [0.05, 0.1) is 24.8 Å². The van der Waals surface area contributed by atoms with E-state index in [4.69, 9.17) is 9.84 Å². The van der Waals surface area contributed by atoms with Crippen molar-refractivity contribution >= 4 is 11.9 Å². The van der Waals surface area contributed by atoms with Gasteiger partial charge in [-0.15, -0.1) is 0 Å². The minimum Gasteiger partial charge on any atom is -0.481 e. The van der Waals surface area contributed by atoms with Crippen LogP contribution in [0, 0.1) is 0 Å². The maximum absolute atomic E-state index is 12.5. The Hall–Kier alpha value is -2.67. The summed E-state index contributed by atoms with van der Waals surface area (Å²) in [6.45, 7) is 1.04. The number of hydrogen-bond acceptors (Lipinski definition) is 4. The molecule has 3 rings (SSSR count).